The number of likely N-dealkylation sites (tertiary alicyclic amines) is 1. The van der Waals surface area contributed by atoms with Gasteiger partial charge in [0.05, 0.1) is 11.8 Å². The van der Waals surface area contributed by atoms with Gasteiger partial charge in [-0.3, -0.25) is 4.79 Å². The smallest absolute Gasteiger partial charge is 0.233 e. The van der Waals surface area contributed by atoms with Gasteiger partial charge in [-0.05, 0) is 42.5 Å². The molecule has 4 rings (SSSR count). The van der Waals surface area contributed by atoms with E-state index in [9.17, 15) is 4.79 Å². The number of carbonyl (C=O) groups excluding carboxylic acids is 1. The van der Waals surface area contributed by atoms with Crippen molar-refractivity contribution >= 4 is 29.0 Å². The number of benzene rings is 1. The summed E-state index contributed by atoms with van der Waals surface area (Å²) in [6.07, 6.45) is 2.16. The third-order valence-corrected chi connectivity index (χ3v) is 6.27. The number of rotatable bonds is 4. The lowest BCUT2D eigenvalue weighted by Gasteiger charge is -2.24. The standard InChI is InChI=1S/C18H19NO3S2/c20-18(19-7-1-3-14(19)17-4-2-10-23-17)12-24-13-5-6-15-16(11-13)22-9-8-21-15/h2,4-6,10-11,14H,1,3,7-9,12H2. The molecule has 3 heterocycles. The van der Waals surface area contributed by atoms with Crippen molar-refractivity contribution in [1.82, 2.24) is 4.90 Å². The molecule has 1 unspecified atom stereocenters. The van der Waals surface area contributed by atoms with E-state index in [4.69, 9.17) is 9.47 Å². The summed E-state index contributed by atoms with van der Waals surface area (Å²) in [5.74, 6) is 2.23. The molecule has 1 fully saturated rings. The van der Waals surface area contributed by atoms with Gasteiger partial charge in [-0.1, -0.05) is 6.07 Å². The summed E-state index contributed by atoms with van der Waals surface area (Å²) in [6.45, 7) is 2.04. The van der Waals surface area contributed by atoms with Crippen LogP contribution in [0.5, 0.6) is 11.5 Å². The van der Waals surface area contributed by atoms with E-state index in [1.165, 1.54) is 4.88 Å². The van der Waals surface area contributed by atoms with Crippen molar-refractivity contribution in [2.75, 3.05) is 25.5 Å². The normalized spacial score (nSPS) is 19.5. The highest BCUT2D eigenvalue weighted by atomic mass is 32.2. The molecule has 1 atom stereocenters. The summed E-state index contributed by atoms with van der Waals surface area (Å²) in [5, 5.41) is 2.08. The molecule has 126 valence electrons. The lowest BCUT2D eigenvalue weighted by molar-refractivity contribution is -0.129. The highest BCUT2D eigenvalue weighted by Crippen LogP contribution is 2.37. The van der Waals surface area contributed by atoms with Crippen LogP contribution < -0.4 is 9.47 Å². The van der Waals surface area contributed by atoms with Crippen LogP contribution >= 0.6 is 23.1 Å². The fourth-order valence-corrected chi connectivity index (χ4v) is 4.87. The quantitative estimate of drug-likeness (QED) is 0.772. The maximum Gasteiger partial charge on any atom is 0.233 e. The largest absolute Gasteiger partial charge is 0.486 e. The molecule has 2 aliphatic heterocycles. The van der Waals surface area contributed by atoms with Gasteiger partial charge in [0, 0.05) is 16.3 Å². The Morgan fingerprint density at radius 3 is 2.96 bits per heavy atom. The lowest BCUT2D eigenvalue weighted by Crippen LogP contribution is -2.31. The summed E-state index contributed by atoms with van der Waals surface area (Å²) in [6, 6.07) is 10.3. The van der Waals surface area contributed by atoms with Crippen LogP contribution in [0.4, 0.5) is 0 Å². The van der Waals surface area contributed by atoms with Gasteiger partial charge in [0.1, 0.15) is 13.2 Å². The molecule has 1 saturated heterocycles. The number of fused-ring (bicyclic) bond motifs is 1. The number of amides is 1. The first-order valence-corrected chi connectivity index (χ1v) is 10.0. The second-order valence-corrected chi connectivity index (χ2v) is 7.88. The Kier molecular flexibility index (Phi) is 4.67. The Morgan fingerprint density at radius 1 is 1.25 bits per heavy atom. The zero-order chi connectivity index (χ0) is 16.4. The Labute approximate surface area is 149 Å². The van der Waals surface area contributed by atoms with Crippen molar-refractivity contribution in [1.29, 1.82) is 0 Å². The Morgan fingerprint density at radius 2 is 2.12 bits per heavy atom. The van der Waals surface area contributed by atoms with Gasteiger partial charge in [0.15, 0.2) is 11.5 Å². The molecule has 2 aliphatic rings. The highest BCUT2D eigenvalue weighted by molar-refractivity contribution is 8.00. The number of thioether (sulfide) groups is 1. The number of hydrogen-bond acceptors (Lipinski definition) is 5. The van der Waals surface area contributed by atoms with Crippen LogP contribution in [0.15, 0.2) is 40.6 Å². The van der Waals surface area contributed by atoms with E-state index in [0.717, 1.165) is 35.8 Å². The second-order valence-electron chi connectivity index (χ2n) is 5.85. The third kappa shape index (κ3) is 3.26. The molecular weight excluding hydrogens is 342 g/mol. The first-order chi connectivity index (χ1) is 11.8. The molecule has 0 aliphatic carbocycles. The molecule has 0 bridgehead atoms. The van der Waals surface area contributed by atoms with Crippen molar-refractivity contribution in [2.45, 2.75) is 23.8 Å². The van der Waals surface area contributed by atoms with Crippen LogP contribution in [0.1, 0.15) is 23.8 Å². The van der Waals surface area contributed by atoms with Crippen molar-refractivity contribution in [2.24, 2.45) is 0 Å². The molecule has 0 N–H and O–H groups in total. The fourth-order valence-electron chi connectivity index (χ4n) is 3.18. The zero-order valence-corrected chi connectivity index (χ0v) is 14.9. The van der Waals surface area contributed by atoms with Crippen LogP contribution in [-0.4, -0.2) is 36.3 Å². The average Bonchev–Trinajstić information content (AvgIpc) is 3.30. The van der Waals surface area contributed by atoms with E-state index < -0.39 is 0 Å². The van der Waals surface area contributed by atoms with Crippen molar-refractivity contribution in [3.63, 3.8) is 0 Å². The van der Waals surface area contributed by atoms with Gasteiger partial charge >= 0.3 is 0 Å². The fraction of sp³-hybridized carbons (Fsp3) is 0.389. The average molecular weight is 361 g/mol. The Hall–Kier alpha value is -1.66. The van der Waals surface area contributed by atoms with Gasteiger partial charge < -0.3 is 14.4 Å². The number of ether oxygens (including phenoxy) is 2. The van der Waals surface area contributed by atoms with Gasteiger partial charge in [-0.15, -0.1) is 23.1 Å². The van der Waals surface area contributed by atoms with Crippen LogP contribution in [-0.2, 0) is 4.79 Å². The lowest BCUT2D eigenvalue weighted by atomic mass is 10.2. The van der Waals surface area contributed by atoms with Crippen molar-refractivity contribution in [3.8, 4) is 11.5 Å². The topological polar surface area (TPSA) is 38.8 Å². The molecule has 24 heavy (non-hydrogen) atoms. The van der Waals surface area contributed by atoms with Crippen molar-refractivity contribution < 1.29 is 14.3 Å². The SMILES string of the molecule is O=C(CSc1ccc2c(c1)OCCO2)N1CCCC1c1cccs1. The predicted molar refractivity (Wildman–Crippen MR) is 96.2 cm³/mol. The van der Waals surface area contributed by atoms with Crippen LogP contribution in [0.3, 0.4) is 0 Å². The van der Waals surface area contributed by atoms with E-state index in [1.807, 2.05) is 23.1 Å². The number of hydrogen-bond donors (Lipinski definition) is 0. The summed E-state index contributed by atoms with van der Waals surface area (Å²) in [5.41, 5.74) is 0. The summed E-state index contributed by atoms with van der Waals surface area (Å²) in [7, 11) is 0. The highest BCUT2D eigenvalue weighted by Gasteiger charge is 2.30. The minimum absolute atomic E-state index is 0.214. The maximum absolute atomic E-state index is 12.7. The molecular formula is C18H19NO3S2. The molecule has 1 aromatic carbocycles. The van der Waals surface area contributed by atoms with Crippen LogP contribution in [0.2, 0.25) is 0 Å². The minimum atomic E-state index is 0.214. The van der Waals surface area contributed by atoms with Gasteiger partial charge in [-0.25, -0.2) is 0 Å². The maximum atomic E-state index is 12.7. The minimum Gasteiger partial charge on any atom is -0.486 e. The van der Waals surface area contributed by atoms with Crippen LogP contribution in [0.25, 0.3) is 0 Å². The van der Waals surface area contributed by atoms with Gasteiger partial charge in [0.25, 0.3) is 0 Å². The first-order valence-electron chi connectivity index (χ1n) is 8.16. The number of carbonyl (C=O) groups is 1. The van der Waals surface area contributed by atoms with Crippen LogP contribution in [0, 0.1) is 0 Å². The Balaban J connectivity index is 1.39. The third-order valence-electron chi connectivity index (χ3n) is 4.32. The summed E-state index contributed by atoms with van der Waals surface area (Å²) < 4.78 is 11.1. The molecule has 2 aromatic rings. The molecule has 1 aromatic heterocycles. The number of nitrogens with zero attached hydrogens (tertiary/aromatic N) is 1. The molecule has 0 saturated carbocycles. The van der Waals surface area contributed by atoms with E-state index in [-0.39, 0.29) is 11.9 Å². The molecule has 6 heteroatoms. The van der Waals surface area contributed by atoms with E-state index in [1.54, 1.807) is 23.1 Å². The molecule has 4 nitrogen and oxygen atoms in total. The molecule has 0 spiro atoms. The summed E-state index contributed by atoms with van der Waals surface area (Å²) in [4.78, 5) is 17.0. The van der Waals surface area contributed by atoms with E-state index in [0.29, 0.717) is 19.0 Å². The van der Waals surface area contributed by atoms with E-state index >= 15 is 0 Å². The number of thiophene rings is 1. The monoisotopic (exact) mass is 361 g/mol. The predicted octanol–water partition coefficient (Wildman–Crippen LogP) is 3.98. The van der Waals surface area contributed by atoms with Gasteiger partial charge in [-0.2, -0.15) is 0 Å². The zero-order valence-electron chi connectivity index (χ0n) is 13.3. The Bertz CT molecular complexity index is 717. The van der Waals surface area contributed by atoms with Gasteiger partial charge in [0.2, 0.25) is 5.91 Å². The molecule has 0 radical (unpaired) electrons. The summed E-state index contributed by atoms with van der Waals surface area (Å²) >= 11 is 3.30. The molecule has 1 amide bonds. The first kappa shape index (κ1) is 15.8. The second kappa shape index (κ2) is 7.07. The van der Waals surface area contributed by atoms with Crippen molar-refractivity contribution in [3.05, 3.63) is 40.6 Å². The van der Waals surface area contributed by atoms with E-state index in [2.05, 4.69) is 17.5 Å².